The molecule has 0 saturated carbocycles. The minimum atomic E-state index is -4.76. The summed E-state index contributed by atoms with van der Waals surface area (Å²) in [7, 11) is 0. The molecule has 5 rings (SSSR count). The number of thiocarbonyl (C=S) groups is 1. The highest BCUT2D eigenvalue weighted by Gasteiger charge is 2.32. The summed E-state index contributed by atoms with van der Waals surface area (Å²) in [4.78, 5) is 23.3. The zero-order valence-corrected chi connectivity index (χ0v) is 26.3. The van der Waals surface area contributed by atoms with Crippen LogP contribution in [0.4, 0.5) is 18.9 Å². The molecule has 45 heavy (non-hydrogen) atoms. The summed E-state index contributed by atoms with van der Waals surface area (Å²) in [6.45, 7) is 7.97. The second-order valence-corrected chi connectivity index (χ2v) is 11.7. The molecule has 0 aliphatic carbocycles. The molecule has 2 heterocycles. The van der Waals surface area contributed by atoms with Crippen LogP contribution < -0.4 is 15.1 Å². The van der Waals surface area contributed by atoms with Crippen LogP contribution in [0.15, 0.2) is 83.2 Å². The largest absolute Gasteiger partial charge is 0.573 e. The van der Waals surface area contributed by atoms with Crippen LogP contribution in [0.2, 0.25) is 0 Å². The molecule has 4 aromatic rings. The molecule has 9 nitrogen and oxygen atoms in total. The fourth-order valence-corrected chi connectivity index (χ4v) is 5.56. The number of hydrogen-bond acceptors (Lipinski definition) is 7. The first-order valence-corrected chi connectivity index (χ1v) is 15.2. The van der Waals surface area contributed by atoms with E-state index in [9.17, 15) is 18.0 Å². The molecule has 0 radical (unpaired) electrons. The first-order chi connectivity index (χ1) is 21.4. The molecule has 1 saturated heterocycles. The van der Waals surface area contributed by atoms with E-state index in [0.717, 1.165) is 27.9 Å². The maximum atomic E-state index is 12.8. The fourth-order valence-electron chi connectivity index (χ4n) is 4.51. The van der Waals surface area contributed by atoms with Crippen LogP contribution in [-0.2, 0) is 4.79 Å². The number of rotatable bonds is 7. The zero-order valence-electron chi connectivity index (χ0n) is 24.7. The Morgan fingerprint density at radius 1 is 1.09 bits per heavy atom. The van der Waals surface area contributed by atoms with Crippen molar-refractivity contribution in [3.05, 3.63) is 89.7 Å². The van der Waals surface area contributed by atoms with E-state index < -0.39 is 6.36 Å². The maximum absolute atomic E-state index is 12.8. The van der Waals surface area contributed by atoms with Gasteiger partial charge in [0.25, 0.3) is 0 Å². The molecule has 0 spiro atoms. The van der Waals surface area contributed by atoms with Gasteiger partial charge in [-0.15, -0.1) is 18.3 Å². The number of hydrazone groups is 1. The Kier molecular flexibility index (Phi) is 9.34. The Morgan fingerprint density at radius 3 is 2.47 bits per heavy atom. The summed E-state index contributed by atoms with van der Waals surface area (Å²) in [5.74, 6) is 0.556. The van der Waals surface area contributed by atoms with E-state index in [1.165, 1.54) is 47.0 Å². The van der Waals surface area contributed by atoms with Gasteiger partial charge in [-0.1, -0.05) is 62.0 Å². The van der Waals surface area contributed by atoms with Crippen molar-refractivity contribution in [2.75, 3.05) is 10.7 Å². The monoisotopic (exact) mass is 651 g/mol. The third-order valence-corrected chi connectivity index (χ3v) is 7.82. The number of amides is 1. The normalized spacial score (nSPS) is 14.8. The number of aromatic nitrogens is 3. The number of nitrogens with zero attached hydrogens (tertiary/aromatic N) is 6. The molecule has 1 aliphatic rings. The summed E-state index contributed by atoms with van der Waals surface area (Å²) in [6.07, 6.45) is -3.28. The number of anilines is 1. The number of halogens is 3. The number of ether oxygens (including phenoxy) is 1. The minimum Gasteiger partial charge on any atom is -0.406 e. The number of amidine groups is 1. The van der Waals surface area contributed by atoms with E-state index in [4.69, 9.17) is 12.2 Å². The third-order valence-electron chi connectivity index (χ3n) is 6.72. The fraction of sp³-hybridized carbons (Fsp3) is 0.226. The number of aryl methyl sites for hydroxylation is 1. The second-order valence-electron chi connectivity index (χ2n) is 10.4. The summed E-state index contributed by atoms with van der Waals surface area (Å²) >= 11 is 6.77. The summed E-state index contributed by atoms with van der Waals surface area (Å²) in [5.41, 5.74) is 8.44. The van der Waals surface area contributed by atoms with Gasteiger partial charge in [0.05, 0.1) is 22.8 Å². The molecule has 1 aliphatic heterocycles. The lowest BCUT2D eigenvalue weighted by molar-refractivity contribution is -0.274. The van der Waals surface area contributed by atoms with E-state index >= 15 is 0 Å². The van der Waals surface area contributed by atoms with Gasteiger partial charge in [-0.05, 0) is 79.0 Å². The van der Waals surface area contributed by atoms with Crippen LogP contribution >= 0.6 is 24.0 Å². The van der Waals surface area contributed by atoms with Crippen molar-refractivity contribution in [2.24, 2.45) is 10.1 Å². The number of alkyl halides is 3. The van der Waals surface area contributed by atoms with Gasteiger partial charge in [0, 0.05) is 5.56 Å². The average molecular weight is 652 g/mol. The highest BCUT2D eigenvalue weighted by molar-refractivity contribution is 8.15. The number of carbonyl (C=O) groups excluding carboxylic acids is 1. The van der Waals surface area contributed by atoms with Gasteiger partial charge in [0.2, 0.25) is 11.0 Å². The summed E-state index contributed by atoms with van der Waals surface area (Å²) < 4.78 is 42.6. The van der Waals surface area contributed by atoms with Gasteiger partial charge < -0.3 is 4.74 Å². The van der Waals surface area contributed by atoms with Crippen molar-refractivity contribution in [3.8, 4) is 22.8 Å². The molecule has 232 valence electrons. The molecular formula is C31H28F3N7O2S2. The quantitative estimate of drug-likeness (QED) is 0.131. The molecule has 3 aromatic carbocycles. The first-order valence-electron chi connectivity index (χ1n) is 13.8. The lowest BCUT2D eigenvalue weighted by atomic mass is 9.99. The zero-order chi connectivity index (χ0) is 32.3. The Bertz CT molecular complexity index is 1780. The highest BCUT2D eigenvalue weighted by atomic mass is 32.2. The number of nitrogens with one attached hydrogen (secondary N) is 1. The van der Waals surface area contributed by atoms with Crippen LogP contribution in [0.1, 0.15) is 43.4 Å². The van der Waals surface area contributed by atoms with Crippen molar-refractivity contribution in [2.45, 2.75) is 40.0 Å². The average Bonchev–Trinajstić information content (AvgIpc) is 3.62. The summed E-state index contributed by atoms with van der Waals surface area (Å²) in [5, 5.41) is 9.43. The SMILES string of the molecule is C/C(=N\NC(=S)/N=C1\SCC(=O)N1c1cc(C)ccc1C(C)C)c1ccc(-c2ncn(-c3ccc(OC(F)(F)F)cc3)n2)cc1. The molecule has 0 atom stereocenters. The van der Waals surface area contributed by atoms with Gasteiger partial charge >= 0.3 is 6.36 Å². The number of carbonyl (C=O) groups is 1. The topological polar surface area (TPSA) is 97.0 Å². The van der Waals surface area contributed by atoms with Gasteiger partial charge in [0.1, 0.15) is 12.1 Å². The van der Waals surface area contributed by atoms with Crippen molar-refractivity contribution in [3.63, 3.8) is 0 Å². The molecule has 1 aromatic heterocycles. The van der Waals surface area contributed by atoms with Crippen LogP contribution in [0.3, 0.4) is 0 Å². The van der Waals surface area contributed by atoms with Crippen molar-refractivity contribution in [1.82, 2.24) is 20.2 Å². The van der Waals surface area contributed by atoms with E-state index in [1.807, 2.05) is 56.3 Å². The van der Waals surface area contributed by atoms with Crippen molar-refractivity contribution in [1.29, 1.82) is 0 Å². The highest BCUT2D eigenvalue weighted by Crippen LogP contribution is 2.34. The molecule has 1 amide bonds. The number of hydrogen-bond donors (Lipinski definition) is 1. The Balaban J connectivity index is 1.25. The third kappa shape index (κ3) is 7.75. The van der Waals surface area contributed by atoms with Gasteiger partial charge in [-0.3, -0.25) is 15.1 Å². The first kappa shape index (κ1) is 31.9. The smallest absolute Gasteiger partial charge is 0.406 e. The van der Waals surface area contributed by atoms with E-state index in [-0.39, 0.29) is 28.4 Å². The lowest BCUT2D eigenvalue weighted by Crippen LogP contribution is -2.31. The summed E-state index contributed by atoms with van der Waals surface area (Å²) in [6, 6.07) is 18.8. The van der Waals surface area contributed by atoms with E-state index in [0.29, 0.717) is 22.4 Å². The molecule has 1 N–H and O–H groups in total. The van der Waals surface area contributed by atoms with Crippen LogP contribution in [-0.4, -0.2) is 48.8 Å². The van der Waals surface area contributed by atoms with Gasteiger partial charge in [0.15, 0.2) is 11.0 Å². The predicted octanol–water partition coefficient (Wildman–Crippen LogP) is 7.00. The number of thioether (sulfide) groups is 1. The van der Waals surface area contributed by atoms with Gasteiger partial charge in [-0.25, -0.2) is 9.67 Å². The van der Waals surface area contributed by atoms with Crippen molar-refractivity contribution >= 4 is 51.6 Å². The van der Waals surface area contributed by atoms with Crippen LogP contribution in [0.5, 0.6) is 5.75 Å². The minimum absolute atomic E-state index is 0.0541. The predicted molar refractivity (Wildman–Crippen MR) is 174 cm³/mol. The standard InChI is InChI=1S/C31H28F3N7O2S2/c1-18(2)25-14-5-19(3)15-26(25)41-27(42)16-45-30(41)36-29(44)38-37-20(4)21-6-8-22(9-7-21)28-35-17-40(39-28)23-10-12-24(13-11-23)43-31(32,33)34/h5-15,17-18H,16H2,1-4H3,(H,38,44)/b36-30-,37-20+. The molecule has 14 heteroatoms. The molecule has 1 fully saturated rings. The number of aliphatic imine (C=N–C) groups is 1. The van der Waals surface area contributed by atoms with E-state index in [2.05, 4.69) is 44.2 Å². The number of benzene rings is 3. The Labute approximate surface area is 267 Å². The molecular weight excluding hydrogens is 624 g/mol. The van der Waals surface area contributed by atoms with E-state index in [1.54, 1.807) is 4.90 Å². The lowest BCUT2D eigenvalue weighted by Gasteiger charge is -2.22. The van der Waals surface area contributed by atoms with Crippen LogP contribution in [0, 0.1) is 6.92 Å². The Morgan fingerprint density at radius 2 is 1.80 bits per heavy atom. The molecule has 0 unspecified atom stereocenters. The van der Waals surface area contributed by atoms with Crippen molar-refractivity contribution < 1.29 is 22.7 Å². The second kappa shape index (κ2) is 13.2. The Hall–Kier alpha value is -4.56. The van der Waals surface area contributed by atoms with Gasteiger partial charge in [-0.2, -0.15) is 10.1 Å². The van der Waals surface area contributed by atoms with Crippen LogP contribution in [0.25, 0.3) is 17.1 Å². The molecule has 0 bridgehead atoms. The maximum Gasteiger partial charge on any atom is 0.573 e.